The zero-order valence-corrected chi connectivity index (χ0v) is 20.5. The van der Waals surface area contributed by atoms with Gasteiger partial charge in [0.1, 0.15) is 11.6 Å². The number of carbonyl (C=O) groups excluding carboxylic acids is 1. The maximum absolute atomic E-state index is 14.0. The van der Waals surface area contributed by atoms with Crippen LogP contribution in [0.5, 0.6) is 5.75 Å². The van der Waals surface area contributed by atoms with Crippen LogP contribution in [-0.2, 0) is 17.0 Å². The molecule has 1 aliphatic carbocycles. The Kier molecular flexibility index (Phi) is 8.64. The highest BCUT2D eigenvalue weighted by Crippen LogP contribution is 2.34. The summed E-state index contributed by atoms with van der Waals surface area (Å²) in [7, 11) is 0. The number of hydrogen-bond acceptors (Lipinski definition) is 3. The summed E-state index contributed by atoms with van der Waals surface area (Å²) in [5.74, 6) is 1.54. The van der Waals surface area contributed by atoms with Crippen LogP contribution in [-0.4, -0.2) is 23.8 Å². The van der Waals surface area contributed by atoms with Crippen molar-refractivity contribution in [3.05, 3.63) is 89.7 Å². The average Bonchev–Trinajstić information content (AvgIpc) is 2.84. The largest absolute Gasteiger partial charge is 0.490 e. The van der Waals surface area contributed by atoms with Gasteiger partial charge in [0, 0.05) is 24.5 Å². The molecular weight excluding hydrogens is 445 g/mol. The number of amides is 1. The van der Waals surface area contributed by atoms with Gasteiger partial charge in [0.25, 0.3) is 0 Å². The summed E-state index contributed by atoms with van der Waals surface area (Å²) in [6.45, 7) is 2.06. The van der Waals surface area contributed by atoms with Crippen molar-refractivity contribution in [1.29, 1.82) is 0 Å². The van der Waals surface area contributed by atoms with Gasteiger partial charge in [-0.3, -0.25) is 4.79 Å². The van der Waals surface area contributed by atoms with Crippen molar-refractivity contribution in [2.24, 2.45) is 0 Å². The SMILES string of the molecule is CC(=O)NCCc1ccc(O[C@H]2CCC[C@@H](SCc3ccccc3)C2)cc1-c1cccc(F)c1. The minimum Gasteiger partial charge on any atom is -0.490 e. The smallest absolute Gasteiger partial charge is 0.216 e. The number of thioether (sulfide) groups is 1. The van der Waals surface area contributed by atoms with Gasteiger partial charge in [-0.2, -0.15) is 11.8 Å². The fourth-order valence-corrected chi connectivity index (χ4v) is 5.79. The Labute approximate surface area is 206 Å². The predicted octanol–water partition coefficient (Wildman–Crippen LogP) is 6.79. The summed E-state index contributed by atoms with van der Waals surface area (Å²) < 4.78 is 20.4. The molecule has 1 saturated carbocycles. The molecule has 1 N–H and O–H groups in total. The lowest BCUT2D eigenvalue weighted by Gasteiger charge is -2.29. The minimum absolute atomic E-state index is 0.0516. The number of halogens is 1. The highest BCUT2D eigenvalue weighted by Gasteiger charge is 2.24. The molecule has 3 aromatic carbocycles. The number of nitrogens with one attached hydrogen (secondary N) is 1. The fraction of sp³-hybridized carbons (Fsp3) is 0.345. The monoisotopic (exact) mass is 477 g/mol. The van der Waals surface area contributed by atoms with E-state index in [9.17, 15) is 9.18 Å². The molecule has 3 nitrogen and oxygen atoms in total. The molecule has 1 amide bonds. The normalized spacial score (nSPS) is 17.8. The Morgan fingerprint density at radius 2 is 1.91 bits per heavy atom. The second kappa shape index (κ2) is 12.1. The van der Waals surface area contributed by atoms with Crippen LogP contribution < -0.4 is 10.1 Å². The molecule has 0 radical (unpaired) electrons. The molecule has 4 rings (SSSR count). The van der Waals surface area contributed by atoms with Crippen LogP contribution in [0.1, 0.15) is 43.7 Å². The van der Waals surface area contributed by atoms with E-state index in [-0.39, 0.29) is 17.8 Å². The first-order valence-corrected chi connectivity index (χ1v) is 13.1. The molecule has 1 fully saturated rings. The Hall–Kier alpha value is -2.79. The number of ether oxygens (including phenoxy) is 1. The van der Waals surface area contributed by atoms with Gasteiger partial charge in [0.05, 0.1) is 6.10 Å². The first kappa shape index (κ1) is 24.3. The zero-order chi connectivity index (χ0) is 23.8. The number of benzene rings is 3. The third-order valence-electron chi connectivity index (χ3n) is 6.19. The Morgan fingerprint density at radius 1 is 1.06 bits per heavy atom. The molecule has 0 spiro atoms. The van der Waals surface area contributed by atoms with E-state index in [1.165, 1.54) is 31.4 Å². The molecule has 0 bridgehead atoms. The van der Waals surface area contributed by atoms with E-state index in [1.54, 1.807) is 12.1 Å². The van der Waals surface area contributed by atoms with E-state index >= 15 is 0 Å². The molecule has 34 heavy (non-hydrogen) atoms. The Bertz CT molecular complexity index is 1090. The maximum Gasteiger partial charge on any atom is 0.216 e. The third-order valence-corrected chi connectivity index (χ3v) is 7.59. The van der Waals surface area contributed by atoms with Gasteiger partial charge < -0.3 is 10.1 Å². The molecule has 2 atom stereocenters. The topological polar surface area (TPSA) is 38.3 Å². The summed E-state index contributed by atoms with van der Waals surface area (Å²) in [6.07, 6.45) is 5.36. The standard InChI is InChI=1S/C29H32FNO2S/c1-21(32)31-16-15-23-13-14-27(19-29(23)24-9-5-10-25(30)17-24)33-26-11-6-12-28(18-26)34-20-22-7-3-2-4-8-22/h2-5,7-10,13-14,17,19,26,28H,6,11-12,15-16,18,20H2,1H3,(H,31,32)/t26-,28+/m0/s1. The van der Waals surface area contributed by atoms with E-state index in [2.05, 4.69) is 35.6 Å². The zero-order valence-electron chi connectivity index (χ0n) is 19.6. The maximum atomic E-state index is 14.0. The van der Waals surface area contributed by atoms with Crippen molar-refractivity contribution in [1.82, 2.24) is 5.32 Å². The summed E-state index contributed by atoms with van der Waals surface area (Å²) in [4.78, 5) is 11.3. The van der Waals surface area contributed by atoms with Crippen molar-refractivity contribution in [3.63, 3.8) is 0 Å². The van der Waals surface area contributed by atoms with Gasteiger partial charge >= 0.3 is 0 Å². The molecule has 0 heterocycles. The summed E-state index contributed by atoms with van der Waals surface area (Å²) in [5, 5.41) is 3.44. The van der Waals surface area contributed by atoms with Crippen LogP contribution in [0, 0.1) is 5.82 Å². The van der Waals surface area contributed by atoms with E-state index in [4.69, 9.17) is 4.74 Å². The molecule has 0 unspecified atom stereocenters. The van der Waals surface area contributed by atoms with E-state index < -0.39 is 0 Å². The van der Waals surface area contributed by atoms with Crippen LogP contribution in [0.15, 0.2) is 72.8 Å². The second-order valence-electron chi connectivity index (χ2n) is 8.89. The number of carbonyl (C=O) groups is 1. The van der Waals surface area contributed by atoms with Crippen LogP contribution in [0.25, 0.3) is 11.1 Å². The number of rotatable bonds is 9. The summed E-state index contributed by atoms with van der Waals surface area (Å²) >= 11 is 2.02. The van der Waals surface area contributed by atoms with Gasteiger partial charge in [-0.1, -0.05) is 48.5 Å². The van der Waals surface area contributed by atoms with Gasteiger partial charge in [0.15, 0.2) is 0 Å². The van der Waals surface area contributed by atoms with Gasteiger partial charge in [0.2, 0.25) is 5.91 Å². The fourth-order valence-electron chi connectivity index (χ4n) is 4.49. The first-order chi connectivity index (χ1) is 16.6. The molecule has 5 heteroatoms. The van der Waals surface area contributed by atoms with Crippen molar-refractivity contribution in [2.45, 2.75) is 56.1 Å². The lowest BCUT2D eigenvalue weighted by Crippen LogP contribution is -2.27. The van der Waals surface area contributed by atoms with Crippen LogP contribution in [0.4, 0.5) is 4.39 Å². The van der Waals surface area contributed by atoms with Crippen molar-refractivity contribution < 1.29 is 13.9 Å². The summed E-state index contributed by atoms with van der Waals surface area (Å²) in [5.41, 5.74) is 4.20. The molecule has 0 aromatic heterocycles. The van der Waals surface area contributed by atoms with Gasteiger partial charge in [-0.25, -0.2) is 4.39 Å². The third kappa shape index (κ3) is 7.10. The van der Waals surface area contributed by atoms with Crippen LogP contribution in [0.2, 0.25) is 0 Å². The highest BCUT2D eigenvalue weighted by molar-refractivity contribution is 7.99. The Balaban J connectivity index is 1.44. The lowest BCUT2D eigenvalue weighted by molar-refractivity contribution is -0.118. The molecule has 178 valence electrons. The molecule has 1 aliphatic rings. The van der Waals surface area contributed by atoms with Gasteiger partial charge in [-0.05, 0) is 78.6 Å². The van der Waals surface area contributed by atoms with E-state index in [0.29, 0.717) is 18.2 Å². The van der Waals surface area contributed by atoms with Crippen molar-refractivity contribution in [3.8, 4) is 16.9 Å². The second-order valence-corrected chi connectivity index (χ2v) is 10.2. The highest BCUT2D eigenvalue weighted by atomic mass is 32.2. The quantitative estimate of drug-likeness (QED) is 0.369. The Morgan fingerprint density at radius 3 is 2.71 bits per heavy atom. The molecule has 3 aromatic rings. The van der Waals surface area contributed by atoms with Crippen LogP contribution >= 0.6 is 11.8 Å². The minimum atomic E-state index is -0.262. The average molecular weight is 478 g/mol. The summed E-state index contributed by atoms with van der Waals surface area (Å²) in [6, 6.07) is 23.4. The molecule has 0 saturated heterocycles. The van der Waals surface area contributed by atoms with Crippen molar-refractivity contribution >= 4 is 17.7 Å². The number of hydrogen-bond donors (Lipinski definition) is 1. The van der Waals surface area contributed by atoms with Gasteiger partial charge in [-0.15, -0.1) is 0 Å². The van der Waals surface area contributed by atoms with E-state index in [0.717, 1.165) is 41.0 Å². The predicted molar refractivity (Wildman–Crippen MR) is 139 cm³/mol. The van der Waals surface area contributed by atoms with Crippen molar-refractivity contribution in [2.75, 3.05) is 6.54 Å². The van der Waals surface area contributed by atoms with E-state index in [1.807, 2.05) is 36.0 Å². The molecular formula is C29H32FNO2S. The van der Waals surface area contributed by atoms with Crippen LogP contribution in [0.3, 0.4) is 0 Å². The molecule has 0 aliphatic heterocycles. The lowest BCUT2D eigenvalue weighted by atomic mass is 9.96. The first-order valence-electron chi connectivity index (χ1n) is 12.0.